The quantitative estimate of drug-likeness (QED) is 0.734. The standard InChI is InChI=1S/C12H15NO6S/c1-8(11(14)15)13-20(17,18)7-9-5-3-4-6-10(9)12(16)19-2/h3-6,8,13H,7H2,1-2H3,(H,14,15). The number of nitrogens with one attached hydrogen (secondary N) is 1. The molecule has 0 aliphatic carbocycles. The number of esters is 1. The highest BCUT2D eigenvalue weighted by Gasteiger charge is 2.22. The van der Waals surface area contributed by atoms with Crippen LogP contribution >= 0.6 is 0 Å². The van der Waals surface area contributed by atoms with Crippen molar-refractivity contribution in [2.24, 2.45) is 0 Å². The molecule has 20 heavy (non-hydrogen) atoms. The average molecular weight is 301 g/mol. The van der Waals surface area contributed by atoms with E-state index in [4.69, 9.17) is 5.11 Å². The number of sulfonamides is 1. The number of rotatable bonds is 6. The number of methoxy groups -OCH3 is 1. The number of carbonyl (C=O) groups excluding carboxylic acids is 1. The van der Waals surface area contributed by atoms with Crippen LogP contribution in [0.4, 0.5) is 0 Å². The molecule has 8 heteroatoms. The van der Waals surface area contributed by atoms with E-state index < -0.39 is 33.8 Å². The zero-order valence-corrected chi connectivity index (χ0v) is 11.8. The number of hydrogen-bond acceptors (Lipinski definition) is 5. The first-order chi connectivity index (χ1) is 9.26. The van der Waals surface area contributed by atoms with Crippen LogP contribution in [-0.2, 0) is 25.3 Å². The molecule has 1 rings (SSSR count). The van der Waals surface area contributed by atoms with E-state index in [0.717, 1.165) is 0 Å². The van der Waals surface area contributed by atoms with E-state index in [1.54, 1.807) is 12.1 Å². The molecule has 1 atom stereocenters. The van der Waals surface area contributed by atoms with Crippen LogP contribution in [0.15, 0.2) is 24.3 Å². The largest absolute Gasteiger partial charge is 0.480 e. The summed E-state index contributed by atoms with van der Waals surface area (Å²) in [5.41, 5.74) is 0.368. The van der Waals surface area contributed by atoms with E-state index in [1.165, 1.54) is 26.2 Å². The van der Waals surface area contributed by atoms with Crippen molar-refractivity contribution in [3.05, 3.63) is 35.4 Å². The smallest absolute Gasteiger partial charge is 0.338 e. The third kappa shape index (κ3) is 4.32. The molecule has 0 aliphatic rings. The zero-order chi connectivity index (χ0) is 15.3. The summed E-state index contributed by atoms with van der Waals surface area (Å²) in [6.45, 7) is 1.21. The molecule has 0 fully saturated rings. The molecular weight excluding hydrogens is 286 g/mol. The van der Waals surface area contributed by atoms with Crippen LogP contribution in [0.25, 0.3) is 0 Å². The number of ether oxygens (including phenoxy) is 1. The molecule has 1 aromatic carbocycles. The molecule has 0 radical (unpaired) electrons. The van der Waals surface area contributed by atoms with Crippen molar-refractivity contribution in [1.82, 2.24) is 4.72 Å². The maximum atomic E-state index is 11.9. The molecule has 110 valence electrons. The van der Waals surface area contributed by atoms with Crippen LogP contribution in [0.2, 0.25) is 0 Å². The third-order valence-corrected chi connectivity index (χ3v) is 3.90. The fourth-order valence-corrected chi connectivity index (χ4v) is 2.91. The van der Waals surface area contributed by atoms with Gasteiger partial charge in [0.2, 0.25) is 10.0 Å². The highest BCUT2D eigenvalue weighted by Crippen LogP contribution is 2.13. The normalized spacial score (nSPS) is 12.7. The first-order valence-corrected chi connectivity index (χ1v) is 7.31. The van der Waals surface area contributed by atoms with Gasteiger partial charge in [-0.2, -0.15) is 0 Å². The minimum atomic E-state index is -3.88. The predicted molar refractivity (Wildman–Crippen MR) is 70.6 cm³/mol. The van der Waals surface area contributed by atoms with Crippen molar-refractivity contribution in [2.75, 3.05) is 7.11 Å². The fraction of sp³-hybridized carbons (Fsp3) is 0.333. The Labute approximate surface area is 116 Å². The molecule has 0 bridgehead atoms. The zero-order valence-electron chi connectivity index (χ0n) is 11.0. The lowest BCUT2D eigenvalue weighted by molar-refractivity contribution is -0.138. The van der Waals surface area contributed by atoms with Crippen molar-refractivity contribution >= 4 is 22.0 Å². The van der Waals surface area contributed by atoms with E-state index in [9.17, 15) is 18.0 Å². The van der Waals surface area contributed by atoms with E-state index in [0.29, 0.717) is 0 Å². The van der Waals surface area contributed by atoms with E-state index in [2.05, 4.69) is 4.74 Å². The number of carbonyl (C=O) groups is 2. The summed E-state index contributed by atoms with van der Waals surface area (Å²) in [5.74, 6) is -2.44. The van der Waals surface area contributed by atoms with Crippen molar-refractivity contribution in [3.63, 3.8) is 0 Å². The molecule has 0 amide bonds. The second kappa shape index (κ2) is 6.49. The number of benzene rings is 1. The Morgan fingerprint density at radius 3 is 2.50 bits per heavy atom. The van der Waals surface area contributed by atoms with Crippen molar-refractivity contribution in [2.45, 2.75) is 18.7 Å². The first kappa shape index (κ1) is 16.1. The van der Waals surface area contributed by atoms with Crippen molar-refractivity contribution in [3.8, 4) is 0 Å². The van der Waals surface area contributed by atoms with Crippen LogP contribution in [0.1, 0.15) is 22.8 Å². The van der Waals surface area contributed by atoms with Gasteiger partial charge in [-0.3, -0.25) is 4.79 Å². The number of aliphatic carboxylic acids is 1. The molecule has 0 aliphatic heterocycles. The van der Waals surface area contributed by atoms with Gasteiger partial charge in [0.1, 0.15) is 6.04 Å². The van der Waals surface area contributed by atoms with E-state index in [-0.39, 0.29) is 11.1 Å². The second-order valence-corrected chi connectivity index (χ2v) is 5.84. The molecule has 0 saturated heterocycles. The van der Waals surface area contributed by atoms with Gasteiger partial charge < -0.3 is 9.84 Å². The molecule has 0 saturated carbocycles. The molecule has 7 nitrogen and oxygen atoms in total. The van der Waals surface area contributed by atoms with E-state index >= 15 is 0 Å². The van der Waals surface area contributed by atoms with Gasteiger partial charge in [-0.25, -0.2) is 17.9 Å². The summed E-state index contributed by atoms with van der Waals surface area (Å²) >= 11 is 0. The Morgan fingerprint density at radius 1 is 1.35 bits per heavy atom. The van der Waals surface area contributed by atoms with E-state index in [1.807, 2.05) is 4.72 Å². The minimum Gasteiger partial charge on any atom is -0.480 e. The van der Waals surface area contributed by atoms with Crippen LogP contribution in [0.5, 0.6) is 0 Å². The molecule has 0 spiro atoms. The Bertz CT molecular complexity index is 610. The predicted octanol–water partition coefficient (Wildman–Crippen LogP) is 0.366. The molecule has 0 aromatic heterocycles. The molecule has 1 unspecified atom stereocenters. The average Bonchev–Trinajstić information content (AvgIpc) is 2.37. The van der Waals surface area contributed by atoms with Gasteiger partial charge in [-0.1, -0.05) is 18.2 Å². The molecular formula is C12H15NO6S. The number of carboxylic acids is 1. The highest BCUT2D eigenvalue weighted by molar-refractivity contribution is 7.88. The Morgan fingerprint density at radius 2 is 1.95 bits per heavy atom. The number of carboxylic acid groups (broad SMARTS) is 1. The van der Waals surface area contributed by atoms with Crippen LogP contribution < -0.4 is 4.72 Å². The van der Waals surface area contributed by atoms with Crippen LogP contribution in [0, 0.1) is 0 Å². The number of hydrogen-bond donors (Lipinski definition) is 2. The van der Waals surface area contributed by atoms with Crippen molar-refractivity contribution in [1.29, 1.82) is 0 Å². The summed E-state index contributed by atoms with van der Waals surface area (Å²) in [6, 6.07) is 4.83. The van der Waals surface area contributed by atoms with Gasteiger partial charge in [0.25, 0.3) is 0 Å². The highest BCUT2D eigenvalue weighted by atomic mass is 32.2. The van der Waals surface area contributed by atoms with Gasteiger partial charge in [0.15, 0.2) is 0 Å². The van der Waals surface area contributed by atoms with Gasteiger partial charge in [0.05, 0.1) is 18.4 Å². The third-order valence-electron chi connectivity index (χ3n) is 2.49. The van der Waals surface area contributed by atoms with Gasteiger partial charge >= 0.3 is 11.9 Å². The van der Waals surface area contributed by atoms with Crippen LogP contribution in [-0.4, -0.2) is 38.6 Å². The van der Waals surface area contributed by atoms with Crippen molar-refractivity contribution < 1.29 is 27.9 Å². The Hall–Kier alpha value is -1.93. The summed E-state index contributed by atoms with van der Waals surface area (Å²) in [5, 5.41) is 8.69. The minimum absolute atomic E-state index is 0.128. The molecule has 1 aromatic rings. The maximum Gasteiger partial charge on any atom is 0.338 e. The Balaban J connectivity index is 2.98. The van der Waals surface area contributed by atoms with Crippen LogP contribution in [0.3, 0.4) is 0 Å². The van der Waals surface area contributed by atoms with Gasteiger partial charge in [-0.15, -0.1) is 0 Å². The van der Waals surface area contributed by atoms with Gasteiger partial charge in [0, 0.05) is 0 Å². The summed E-state index contributed by atoms with van der Waals surface area (Å²) in [4.78, 5) is 22.2. The fourth-order valence-electron chi connectivity index (χ4n) is 1.52. The molecule has 2 N–H and O–H groups in total. The Kier molecular flexibility index (Phi) is 5.23. The van der Waals surface area contributed by atoms with Gasteiger partial charge in [-0.05, 0) is 18.6 Å². The first-order valence-electron chi connectivity index (χ1n) is 5.66. The summed E-state index contributed by atoms with van der Waals surface area (Å²) in [6.07, 6.45) is 0. The lowest BCUT2D eigenvalue weighted by Crippen LogP contribution is -2.39. The topological polar surface area (TPSA) is 110 Å². The molecule has 0 heterocycles. The monoisotopic (exact) mass is 301 g/mol. The second-order valence-electron chi connectivity index (χ2n) is 4.09. The SMILES string of the molecule is COC(=O)c1ccccc1CS(=O)(=O)NC(C)C(=O)O. The maximum absolute atomic E-state index is 11.9. The summed E-state index contributed by atoms with van der Waals surface area (Å²) < 4.78 is 30.3. The summed E-state index contributed by atoms with van der Waals surface area (Å²) in [7, 11) is -2.69. The lowest BCUT2D eigenvalue weighted by Gasteiger charge is -2.12. The lowest BCUT2D eigenvalue weighted by atomic mass is 10.1.